The molecule has 1 amide bonds. The lowest BCUT2D eigenvalue weighted by Gasteiger charge is -2.32. The SMILES string of the molecule is Cc1cc(-n2nc3c(c2N)CN(C(=O)OC(C)(C)C)C[C@@H]3C)cc(C)c1F. The zero-order chi connectivity index (χ0) is 20.1. The van der Waals surface area contributed by atoms with Crippen LogP contribution in [0, 0.1) is 19.7 Å². The van der Waals surface area contributed by atoms with Gasteiger partial charge in [-0.05, 0) is 57.9 Å². The summed E-state index contributed by atoms with van der Waals surface area (Å²) in [5, 5.41) is 4.67. The van der Waals surface area contributed by atoms with Crippen LogP contribution in [-0.4, -0.2) is 32.9 Å². The van der Waals surface area contributed by atoms with Gasteiger partial charge in [-0.3, -0.25) is 0 Å². The van der Waals surface area contributed by atoms with Crippen LogP contribution >= 0.6 is 0 Å². The number of aromatic nitrogens is 2. The Morgan fingerprint density at radius 2 is 1.89 bits per heavy atom. The third kappa shape index (κ3) is 3.63. The first kappa shape index (κ1) is 19.2. The Labute approximate surface area is 159 Å². The highest BCUT2D eigenvalue weighted by Gasteiger charge is 2.33. The molecule has 2 N–H and O–H groups in total. The average Bonchev–Trinajstić information content (AvgIpc) is 2.88. The lowest BCUT2D eigenvalue weighted by atomic mass is 9.98. The van der Waals surface area contributed by atoms with Gasteiger partial charge in [0.1, 0.15) is 17.2 Å². The third-order valence-corrected chi connectivity index (χ3v) is 4.68. The maximum atomic E-state index is 14.0. The largest absolute Gasteiger partial charge is 0.444 e. The highest BCUT2D eigenvalue weighted by Crippen LogP contribution is 2.33. The molecule has 27 heavy (non-hydrogen) atoms. The molecule has 0 saturated heterocycles. The van der Waals surface area contributed by atoms with Gasteiger partial charge in [0.15, 0.2) is 0 Å². The molecule has 1 atom stereocenters. The van der Waals surface area contributed by atoms with E-state index in [-0.39, 0.29) is 17.8 Å². The van der Waals surface area contributed by atoms with Crippen LogP contribution in [0.4, 0.5) is 15.0 Å². The predicted molar refractivity (Wildman–Crippen MR) is 102 cm³/mol. The molecule has 1 aromatic heterocycles. The summed E-state index contributed by atoms with van der Waals surface area (Å²) in [4.78, 5) is 14.1. The van der Waals surface area contributed by atoms with E-state index in [9.17, 15) is 9.18 Å². The van der Waals surface area contributed by atoms with E-state index in [0.717, 1.165) is 11.3 Å². The summed E-state index contributed by atoms with van der Waals surface area (Å²) < 4.78 is 21.1. The number of hydrogen-bond acceptors (Lipinski definition) is 4. The van der Waals surface area contributed by atoms with Crippen LogP contribution in [0.2, 0.25) is 0 Å². The number of halogens is 1. The van der Waals surface area contributed by atoms with Crippen molar-refractivity contribution in [3.05, 3.63) is 40.3 Å². The predicted octanol–water partition coefficient (Wildman–Crippen LogP) is 4.06. The van der Waals surface area contributed by atoms with Crippen molar-refractivity contribution in [3.8, 4) is 5.69 Å². The molecule has 7 heteroatoms. The Balaban J connectivity index is 1.97. The summed E-state index contributed by atoms with van der Waals surface area (Å²) in [6.45, 7) is 11.8. The van der Waals surface area contributed by atoms with Crippen molar-refractivity contribution in [1.29, 1.82) is 0 Å². The van der Waals surface area contributed by atoms with Crippen molar-refractivity contribution in [1.82, 2.24) is 14.7 Å². The number of hydrogen-bond donors (Lipinski definition) is 1. The van der Waals surface area contributed by atoms with Crippen molar-refractivity contribution in [2.75, 3.05) is 12.3 Å². The van der Waals surface area contributed by atoms with Gasteiger partial charge in [0.25, 0.3) is 0 Å². The van der Waals surface area contributed by atoms with Gasteiger partial charge in [-0.1, -0.05) is 6.92 Å². The number of carbonyl (C=O) groups excluding carboxylic acids is 1. The molecule has 0 aliphatic carbocycles. The Kier molecular flexibility index (Phi) is 4.66. The van der Waals surface area contributed by atoms with E-state index in [1.165, 1.54) is 0 Å². The first-order valence-corrected chi connectivity index (χ1v) is 9.10. The smallest absolute Gasteiger partial charge is 0.410 e. The van der Waals surface area contributed by atoms with Crippen LogP contribution in [0.25, 0.3) is 5.69 Å². The van der Waals surface area contributed by atoms with Crippen LogP contribution in [0.15, 0.2) is 12.1 Å². The van der Waals surface area contributed by atoms with E-state index in [0.29, 0.717) is 35.7 Å². The van der Waals surface area contributed by atoms with Crippen molar-refractivity contribution in [2.45, 2.75) is 59.6 Å². The van der Waals surface area contributed by atoms with Gasteiger partial charge in [0, 0.05) is 18.0 Å². The Hall–Kier alpha value is -2.57. The number of nitrogens with two attached hydrogens (primary N) is 1. The van der Waals surface area contributed by atoms with Gasteiger partial charge in [0.2, 0.25) is 0 Å². The number of amides is 1. The van der Waals surface area contributed by atoms with Gasteiger partial charge >= 0.3 is 6.09 Å². The van der Waals surface area contributed by atoms with Crippen molar-refractivity contribution in [3.63, 3.8) is 0 Å². The number of ether oxygens (including phenoxy) is 1. The summed E-state index contributed by atoms with van der Waals surface area (Å²) >= 11 is 0. The fourth-order valence-corrected chi connectivity index (χ4v) is 3.42. The molecule has 1 aliphatic heterocycles. The van der Waals surface area contributed by atoms with E-state index < -0.39 is 5.60 Å². The second-order valence-corrected chi connectivity index (χ2v) is 8.32. The molecule has 0 spiro atoms. The normalized spacial score (nSPS) is 17.0. The summed E-state index contributed by atoms with van der Waals surface area (Å²) in [5.41, 5.74) is 9.31. The van der Waals surface area contributed by atoms with Crippen molar-refractivity contribution in [2.24, 2.45) is 0 Å². The minimum absolute atomic E-state index is 0.0208. The number of carbonyl (C=O) groups is 1. The number of aryl methyl sites for hydroxylation is 2. The number of benzene rings is 1. The number of nitrogens with zero attached hydrogens (tertiary/aromatic N) is 3. The summed E-state index contributed by atoms with van der Waals surface area (Å²) in [6.07, 6.45) is -0.361. The van der Waals surface area contributed by atoms with E-state index >= 15 is 0 Å². The minimum atomic E-state index is -0.556. The first-order valence-electron chi connectivity index (χ1n) is 9.10. The van der Waals surface area contributed by atoms with Crippen LogP contribution in [0.1, 0.15) is 56.0 Å². The van der Waals surface area contributed by atoms with Crippen LogP contribution < -0.4 is 5.73 Å². The quantitative estimate of drug-likeness (QED) is 0.817. The zero-order valence-electron chi connectivity index (χ0n) is 16.8. The van der Waals surface area contributed by atoms with Gasteiger partial charge in [-0.25, -0.2) is 13.9 Å². The first-order chi connectivity index (χ1) is 12.5. The van der Waals surface area contributed by atoms with E-state index in [2.05, 4.69) is 5.10 Å². The molecule has 0 saturated carbocycles. The fourth-order valence-electron chi connectivity index (χ4n) is 3.42. The zero-order valence-corrected chi connectivity index (χ0v) is 16.8. The van der Waals surface area contributed by atoms with E-state index in [4.69, 9.17) is 10.5 Å². The summed E-state index contributed by atoms with van der Waals surface area (Å²) in [5.74, 6) is 0.265. The molecule has 146 valence electrons. The summed E-state index contributed by atoms with van der Waals surface area (Å²) in [6, 6.07) is 3.46. The summed E-state index contributed by atoms with van der Waals surface area (Å²) in [7, 11) is 0. The van der Waals surface area contributed by atoms with Crippen molar-refractivity contribution < 1.29 is 13.9 Å². The highest BCUT2D eigenvalue weighted by molar-refractivity contribution is 5.69. The Bertz CT molecular complexity index is 875. The molecule has 1 aromatic carbocycles. The third-order valence-electron chi connectivity index (χ3n) is 4.68. The molecule has 0 radical (unpaired) electrons. The molecule has 0 bridgehead atoms. The number of fused-ring (bicyclic) bond motifs is 1. The maximum absolute atomic E-state index is 14.0. The number of nitrogen functional groups attached to an aromatic ring is 1. The van der Waals surface area contributed by atoms with Crippen LogP contribution in [0.3, 0.4) is 0 Å². The molecule has 2 aromatic rings. The van der Waals surface area contributed by atoms with Gasteiger partial charge < -0.3 is 15.4 Å². The van der Waals surface area contributed by atoms with Gasteiger partial charge in [0.05, 0.1) is 17.9 Å². The standard InChI is InChI=1S/C20H27FN4O2/c1-11-7-14(8-12(2)16(11)21)25-18(22)15-10-24(9-13(3)17(15)23-25)19(26)27-20(4,5)6/h7-8,13H,9-10,22H2,1-6H3/t13-/m0/s1. The molecule has 0 fully saturated rings. The Morgan fingerprint density at radius 1 is 1.30 bits per heavy atom. The molecular weight excluding hydrogens is 347 g/mol. The van der Waals surface area contributed by atoms with Crippen molar-refractivity contribution >= 4 is 11.9 Å². The van der Waals surface area contributed by atoms with Crippen LogP contribution in [0.5, 0.6) is 0 Å². The molecular formula is C20H27FN4O2. The topological polar surface area (TPSA) is 73.4 Å². The number of anilines is 1. The lowest BCUT2D eigenvalue weighted by molar-refractivity contribution is 0.0209. The molecule has 0 unspecified atom stereocenters. The molecule has 6 nitrogen and oxygen atoms in total. The minimum Gasteiger partial charge on any atom is -0.444 e. The van der Waals surface area contributed by atoms with Gasteiger partial charge in [-0.2, -0.15) is 5.10 Å². The van der Waals surface area contributed by atoms with E-state index in [1.54, 1.807) is 35.6 Å². The molecule has 1 aliphatic rings. The average molecular weight is 374 g/mol. The highest BCUT2D eigenvalue weighted by atomic mass is 19.1. The Morgan fingerprint density at radius 3 is 2.44 bits per heavy atom. The molecule has 2 heterocycles. The lowest BCUT2D eigenvalue weighted by Crippen LogP contribution is -2.41. The van der Waals surface area contributed by atoms with Gasteiger partial charge in [-0.15, -0.1) is 0 Å². The second-order valence-electron chi connectivity index (χ2n) is 8.32. The monoisotopic (exact) mass is 374 g/mol. The maximum Gasteiger partial charge on any atom is 0.410 e. The molecule has 3 rings (SSSR count). The van der Waals surface area contributed by atoms with Crippen LogP contribution in [-0.2, 0) is 11.3 Å². The second kappa shape index (κ2) is 6.55. The fraction of sp³-hybridized carbons (Fsp3) is 0.500. The number of rotatable bonds is 1. The van der Waals surface area contributed by atoms with E-state index in [1.807, 2.05) is 27.7 Å².